The van der Waals surface area contributed by atoms with Crippen LogP contribution in [0, 0.1) is 0 Å². The summed E-state index contributed by atoms with van der Waals surface area (Å²) in [6, 6.07) is 61.6. The Morgan fingerprint density at radius 2 is 1.09 bits per heavy atom. The number of thiophene rings is 1. The van der Waals surface area contributed by atoms with E-state index in [2.05, 4.69) is 178 Å². The molecule has 12 rings (SSSR count). The van der Waals surface area contributed by atoms with E-state index in [0.29, 0.717) is 5.92 Å². The first-order valence-electron chi connectivity index (χ1n) is 20.0. The third-order valence-corrected chi connectivity index (χ3v) is 14.7. The zero-order valence-electron chi connectivity index (χ0n) is 30.9. The van der Waals surface area contributed by atoms with Crippen LogP contribution in [0.2, 0.25) is 0 Å². The molecule has 1 aliphatic carbocycles. The van der Waals surface area contributed by atoms with Crippen LogP contribution in [0.5, 0.6) is 0 Å². The molecule has 7 aromatic carbocycles. The molecule has 1 saturated carbocycles. The molecule has 56 heavy (non-hydrogen) atoms. The zero-order valence-corrected chi connectivity index (χ0v) is 32.6. The van der Waals surface area contributed by atoms with Gasteiger partial charge in [-0.15, -0.1) is 11.3 Å². The molecule has 1 fully saturated rings. The Hall–Kier alpha value is -5.69. The molecule has 0 radical (unpaired) electrons. The van der Waals surface area contributed by atoms with Crippen LogP contribution < -0.4 is 30.4 Å². The van der Waals surface area contributed by atoms with Crippen LogP contribution in [0.15, 0.2) is 174 Å². The van der Waals surface area contributed by atoms with Crippen molar-refractivity contribution >= 4 is 107 Å². The molecular formula is C50H38BN3S2. The Labute approximate surface area is 336 Å². The van der Waals surface area contributed by atoms with Crippen LogP contribution >= 0.6 is 23.1 Å². The molecular weight excluding hydrogens is 718 g/mol. The van der Waals surface area contributed by atoms with Crippen molar-refractivity contribution in [3.8, 4) is 0 Å². The summed E-state index contributed by atoms with van der Waals surface area (Å²) < 4.78 is 2.76. The quantitative estimate of drug-likeness (QED) is 0.166. The number of anilines is 9. The van der Waals surface area contributed by atoms with Gasteiger partial charge in [-0.3, -0.25) is 0 Å². The van der Waals surface area contributed by atoms with Gasteiger partial charge in [0.15, 0.2) is 0 Å². The van der Waals surface area contributed by atoms with Crippen LogP contribution in [-0.2, 0) is 0 Å². The van der Waals surface area contributed by atoms with E-state index in [1.54, 1.807) is 0 Å². The standard InChI is InChI=1S/C50H38BN3S2/c1-4-16-33(17-5-1)34-30-43-48-44(31-34)54-41-24-12-15-27-47(41)55-46-26-14-11-23-40(46)52(35-18-6-2-7-19-35)37-28-29-39(42(54)32-37)51(48)50-49(38-22-10-13-25-45(38)56-50)53(43)36-20-8-3-9-21-36/h2-3,6-15,18-33H,1,4-5,16-17H2. The summed E-state index contributed by atoms with van der Waals surface area (Å²) in [6.45, 7) is 0.0910. The Kier molecular flexibility index (Phi) is 7.52. The average molecular weight is 756 g/mol. The largest absolute Gasteiger partial charge is 0.310 e. The summed E-state index contributed by atoms with van der Waals surface area (Å²) in [5, 5.41) is 1.33. The van der Waals surface area contributed by atoms with E-state index in [4.69, 9.17) is 0 Å². The first kappa shape index (κ1) is 32.5. The van der Waals surface area contributed by atoms with E-state index in [0.717, 1.165) is 11.4 Å². The minimum absolute atomic E-state index is 0.0910. The fourth-order valence-electron chi connectivity index (χ4n) is 9.93. The van der Waals surface area contributed by atoms with E-state index in [1.165, 1.54) is 113 Å². The predicted octanol–water partition coefficient (Wildman–Crippen LogP) is 13.0. The van der Waals surface area contributed by atoms with Crippen molar-refractivity contribution < 1.29 is 0 Å². The van der Waals surface area contributed by atoms with Crippen molar-refractivity contribution in [2.24, 2.45) is 0 Å². The van der Waals surface area contributed by atoms with Crippen LogP contribution in [0.25, 0.3) is 10.1 Å². The van der Waals surface area contributed by atoms with Crippen molar-refractivity contribution in [3.05, 3.63) is 169 Å². The number of fused-ring (bicyclic) bond motifs is 10. The fraction of sp³-hybridized carbons (Fsp3) is 0.120. The molecule has 3 nitrogen and oxygen atoms in total. The second-order valence-corrected chi connectivity index (χ2v) is 17.7. The van der Waals surface area contributed by atoms with Gasteiger partial charge >= 0.3 is 0 Å². The van der Waals surface area contributed by atoms with Crippen LogP contribution in [0.4, 0.5) is 51.2 Å². The van der Waals surface area contributed by atoms with Crippen LogP contribution in [0.1, 0.15) is 43.6 Å². The summed E-state index contributed by atoms with van der Waals surface area (Å²) in [5.74, 6) is 0.542. The second kappa shape index (κ2) is 12.9. The summed E-state index contributed by atoms with van der Waals surface area (Å²) in [6.07, 6.45) is 6.42. The number of nitrogens with zero attached hydrogens (tertiary/aromatic N) is 3. The number of rotatable bonds is 3. The number of hydrogen-bond acceptors (Lipinski definition) is 5. The average Bonchev–Trinajstić information content (AvgIpc) is 3.64. The minimum Gasteiger partial charge on any atom is -0.310 e. The van der Waals surface area contributed by atoms with Gasteiger partial charge in [0.2, 0.25) is 0 Å². The number of hydrogen-bond donors (Lipinski definition) is 0. The molecule has 0 saturated heterocycles. The summed E-state index contributed by atoms with van der Waals surface area (Å²) >= 11 is 3.85. The molecule has 0 atom stereocenters. The molecule has 0 amide bonds. The molecule has 4 heterocycles. The molecule has 0 unspecified atom stereocenters. The van der Waals surface area contributed by atoms with Gasteiger partial charge in [-0.2, -0.15) is 0 Å². The molecule has 6 heteroatoms. The maximum Gasteiger partial charge on any atom is 0.264 e. The van der Waals surface area contributed by atoms with Gasteiger partial charge in [-0.1, -0.05) is 116 Å². The highest BCUT2D eigenvalue weighted by atomic mass is 32.2. The molecule has 268 valence electrons. The van der Waals surface area contributed by atoms with E-state index in [9.17, 15) is 0 Å². The van der Waals surface area contributed by atoms with Crippen LogP contribution in [-0.4, -0.2) is 6.71 Å². The van der Waals surface area contributed by atoms with Crippen molar-refractivity contribution in [1.29, 1.82) is 0 Å². The lowest BCUT2D eigenvalue weighted by molar-refractivity contribution is 0.444. The van der Waals surface area contributed by atoms with Crippen molar-refractivity contribution in [2.75, 3.05) is 14.7 Å². The van der Waals surface area contributed by atoms with Gasteiger partial charge in [0.1, 0.15) is 0 Å². The number of para-hydroxylation sites is 4. The topological polar surface area (TPSA) is 9.72 Å². The van der Waals surface area contributed by atoms with Crippen molar-refractivity contribution in [1.82, 2.24) is 0 Å². The highest BCUT2D eigenvalue weighted by molar-refractivity contribution is 7.99. The molecule has 8 aromatic rings. The lowest BCUT2D eigenvalue weighted by atomic mass is 9.36. The summed E-state index contributed by atoms with van der Waals surface area (Å²) in [4.78, 5) is 10.2. The van der Waals surface area contributed by atoms with Gasteiger partial charge in [0.05, 0.1) is 17.1 Å². The lowest BCUT2D eigenvalue weighted by Gasteiger charge is -2.45. The van der Waals surface area contributed by atoms with Gasteiger partial charge in [-0.05, 0) is 114 Å². The first-order valence-corrected chi connectivity index (χ1v) is 21.6. The molecule has 1 aromatic heterocycles. The molecule has 4 aliphatic rings. The first-order chi connectivity index (χ1) is 27.8. The zero-order chi connectivity index (χ0) is 36.7. The monoisotopic (exact) mass is 755 g/mol. The van der Waals surface area contributed by atoms with E-state index >= 15 is 0 Å². The highest BCUT2D eigenvalue weighted by Gasteiger charge is 2.46. The smallest absolute Gasteiger partial charge is 0.264 e. The van der Waals surface area contributed by atoms with E-state index in [1.807, 2.05) is 23.1 Å². The maximum absolute atomic E-state index is 2.64. The third kappa shape index (κ3) is 4.92. The van der Waals surface area contributed by atoms with Crippen molar-refractivity contribution in [3.63, 3.8) is 0 Å². The highest BCUT2D eigenvalue weighted by Crippen LogP contribution is 2.53. The fourth-order valence-corrected chi connectivity index (χ4v) is 12.3. The Balaban J connectivity index is 1.21. The normalized spacial score (nSPS) is 15.6. The lowest BCUT2D eigenvalue weighted by Crippen LogP contribution is -2.60. The molecule has 0 spiro atoms. The predicted molar refractivity (Wildman–Crippen MR) is 240 cm³/mol. The van der Waals surface area contributed by atoms with Gasteiger partial charge in [-0.25, -0.2) is 0 Å². The van der Waals surface area contributed by atoms with Gasteiger partial charge in [0.25, 0.3) is 6.71 Å². The SMILES string of the molecule is c1ccc(N2c3ccc4c(c3)N(c3ccccc3Sc3ccccc32)c2cc(C3CCCCC3)cc3c2B4c2sc4ccccc4c2N3c2ccccc2)cc1. The minimum atomic E-state index is 0.0910. The Morgan fingerprint density at radius 1 is 0.482 bits per heavy atom. The van der Waals surface area contributed by atoms with E-state index in [-0.39, 0.29) is 6.71 Å². The van der Waals surface area contributed by atoms with Crippen molar-refractivity contribution in [2.45, 2.75) is 47.8 Å². The maximum atomic E-state index is 2.64. The Morgan fingerprint density at radius 3 is 1.82 bits per heavy atom. The summed E-state index contributed by atoms with van der Waals surface area (Å²) in [7, 11) is 0. The molecule has 0 N–H and O–H groups in total. The molecule has 3 aliphatic heterocycles. The second-order valence-electron chi connectivity index (χ2n) is 15.5. The van der Waals surface area contributed by atoms with E-state index < -0.39 is 0 Å². The van der Waals surface area contributed by atoms with Gasteiger partial charge in [0, 0.05) is 58.8 Å². The number of benzene rings is 7. The van der Waals surface area contributed by atoms with Crippen LogP contribution in [0.3, 0.4) is 0 Å². The summed E-state index contributed by atoms with van der Waals surface area (Å²) in [5.41, 5.74) is 15.4. The Bertz CT molecular complexity index is 2810. The molecule has 2 bridgehead atoms. The van der Waals surface area contributed by atoms with Gasteiger partial charge < -0.3 is 14.7 Å². The third-order valence-electron chi connectivity index (χ3n) is 12.4.